The van der Waals surface area contributed by atoms with Crippen molar-refractivity contribution in [1.82, 2.24) is 0 Å². The summed E-state index contributed by atoms with van der Waals surface area (Å²) in [6.07, 6.45) is 1.08. The van der Waals surface area contributed by atoms with Crippen LogP contribution in [0.1, 0.15) is 27.0 Å². The average molecular weight is 332 g/mol. The maximum absolute atomic E-state index is 12.5. The van der Waals surface area contributed by atoms with Crippen molar-refractivity contribution in [2.45, 2.75) is 20.8 Å². The van der Waals surface area contributed by atoms with Crippen LogP contribution < -0.4 is 10.0 Å². The molecule has 5 nitrogen and oxygen atoms in total. The second kappa shape index (κ2) is 6.42. The van der Waals surface area contributed by atoms with E-state index in [0.29, 0.717) is 16.8 Å². The number of amides is 1. The number of aryl methyl sites for hydroxylation is 2. The Morgan fingerprint density at radius 2 is 1.70 bits per heavy atom. The van der Waals surface area contributed by atoms with Crippen LogP contribution in [-0.4, -0.2) is 20.6 Å². The highest BCUT2D eigenvalue weighted by Crippen LogP contribution is 2.22. The Kier molecular flexibility index (Phi) is 4.75. The molecule has 2 aromatic rings. The van der Waals surface area contributed by atoms with Crippen LogP contribution in [-0.2, 0) is 10.0 Å². The van der Waals surface area contributed by atoms with E-state index in [4.69, 9.17) is 0 Å². The summed E-state index contributed by atoms with van der Waals surface area (Å²) in [4.78, 5) is 12.5. The van der Waals surface area contributed by atoms with E-state index in [-0.39, 0.29) is 5.91 Å². The number of carbonyl (C=O) groups is 1. The highest BCUT2D eigenvalue weighted by molar-refractivity contribution is 7.92. The first-order valence-corrected chi connectivity index (χ1v) is 9.02. The number of carbonyl (C=O) groups excluding carboxylic acids is 1. The van der Waals surface area contributed by atoms with Gasteiger partial charge >= 0.3 is 0 Å². The van der Waals surface area contributed by atoms with Crippen LogP contribution in [0.4, 0.5) is 11.4 Å². The summed E-state index contributed by atoms with van der Waals surface area (Å²) in [6, 6.07) is 10.8. The molecule has 0 saturated carbocycles. The third-order valence-electron chi connectivity index (χ3n) is 3.52. The number of hydrogen-bond donors (Lipinski definition) is 2. The van der Waals surface area contributed by atoms with Crippen molar-refractivity contribution in [2.24, 2.45) is 0 Å². The second-order valence-corrected chi connectivity index (χ2v) is 7.37. The summed E-state index contributed by atoms with van der Waals surface area (Å²) in [6.45, 7) is 5.59. The molecule has 0 radical (unpaired) electrons. The molecular weight excluding hydrogens is 312 g/mol. The quantitative estimate of drug-likeness (QED) is 0.902. The Labute approximate surface area is 136 Å². The van der Waals surface area contributed by atoms with Gasteiger partial charge in [-0.15, -0.1) is 0 Å². The molecule has 0 aromatic heterocycles. The number of rotatable bonds is 4. The molecule has 0 bridgehead atoms. The number of hydrogen-bond acceptors (Lipinski definition) is 3. The summed E-state index contributed by atoms with van der Waals surface area (Å²) < 4.78 is 25.2. The lowest BCUT2D eigenvalue weighted by Gasteiger charge is -2.14. The molecule has 6 heteroatoms. The standard InChI is InChI=1S/C17H20N2O3S/c1-11-8-9-12(2)16(10-11)18-17(20)14-6-5-7-15(13(14)3)19-23(4,21)22/h5-10,19H,1-4H3,(H,18,20). The third kappa shape index (κ3) is 4.32. The van der Waals surface area contributed by atoms with Crippen molar-refractivity contribution >= 4 is 27.3 Å². The Hall–Kier alpha value is -2.34. The smallest absolute Gasteiger partial charge is 0.256 e. The fourth-order valence-corrected chi connectivity index (χ4v) is 2.87. The Bertz CT molecular complexity index is 858. The molecule has 2 aromatic carbocycles. The number of benzene rings is 2. The minimum absolute atomic E-state index is 0.270. The highest BCUT2D eigenvalue weighted by Gasteiger charge is 2.14. The van der Waals surface area contributed by atoms with E-state index in [0.717, 1.165) is 23.1 Å². The molecule has 2 rings (SSSR count). The van der Waals surface area contributed by atoms with Crippen molar-refractivity contribution in [3.8, 4) is 0 Å². The maximum atomic E-state index is 12.5. The average Bonchev–Trinajstić information content (AvgIpc) is 2.43. The van der Waals surface area contributed by atoms with Gasteiger partial charge in [0.25, 0.3) is 5.91 Å². The molecule has 2 N–H and O–H groups in total. The number of sulfonamides is 1. The SMILES string of the molecule is Cc1ccc(C)c(NC(=O)c2cccc(NS(C)(=O)=O)c2C)c1. The fraction of sp³-hybridized carbons (Fsp3) is 0.235. The van der Waals surface area contributed by atoms with Crippen LogP contribution in [0.25, 0.3) is 0 Å². The van der Waals surface area contributed by atoms with Crippen LogP contribution in [0.5, 0.6) is 0 Å². The fourth-order valence-electron chi connectivity index (χ4n) is 2.25. The Morgan fingerprint density at radius 1 is 1.00 bits per heavy atom. The predicted molar refractivity (Wildman–Crippen MR) is 93.5 cm³/mol. The molecule has 0 heterocycles. The molecule has 0 fully saturated rings. The Balaban J connectivity index is 2.33. The van der Waals surface area contributed by atoms with Gasteiger partial charge in [0.05, 0.1) is 11.9 Å². The minimum Gasteiger partial charge on any atom is -0.322 e. The Morgan fingerprint density at radius 3 is 2.35 bits per heavy atom. The molecule has 0 aliphatic carbocycles. The summed E-state index contributed by atoms with van der Waals surface area (Å²) in [5.41, 5.74) is 4.18. The topological polar surface area (TPSA) is 75.3 Å². The first kappa shape index (κ1) is 17.0. The summed E-state index contributed by atoms with van der Waals surface area (Å²) >= 11 is 0. The first-order valence-electron chi connectivity index (χ1n) is 7.13. The monoisotopic (exact) mass is 332 g/mol. The van der Waals surface area contributed by atoms with E-state index < -0.39 is 10.0 Å². The second-order valence-electron chi connectivity index (χ2n) is 5.62. The van der Waals surface area contributed by atoms with E-state index in [1.165, 1.54) is 0 Å². The van der Waals surface area contributed by atoms with Gasteiger partial charge in [-0.05, 0) is 55.7 Å². The molecule has 0 aliphatic heterocycles. The molecule has 122 valence electrons. The lowest BCUT2D eigenvalue weighted by Crippen LogP contribution is -2.16. The van der Waals surface area contributed by atoms with Gasteiger partial charge in [-0.2, -0.15) is 0 Å². The van der Waals surface area contributed by atoms with Gasteiger partial charge < -0.3 is 5.32 Å². The van der Waals surface area contributed by atoms with Crippen LogP contribution in [0.2, 0.25) is 0 Å². The van der Waals surface area contributed by atoms with E-state index in [1.54, 1.807) is 25.1 Å². The molecule has 0 saturated heterocycles. The van der Waals surface area contributed by atoms with Gasteiger partial charge in [-0.1, -0.05) is 18.2 Å². The predicted octanol–water partition coefficient (Wildman–Crippen LogP) is 3.24. The van der Waals surface area contributed by atoms with Gasteiger partial charge in [0, 0.05) is 11.3 Å². The normalized spacial score (nSPS) is 11.1. The molecular formula is C17H20N2O3S. The van der Waals surface area contributed by atoms with Gasteiger partial charge in [-0.25, -0.2) is 8.42 Å². The maximum Gasteiger partial charge on any atom is 0.256 e. The highest BCUT2D eigenvalue weighted by atomic mass is 32.2. The lowest BCUT2D eigenvalue weighted by molar-refractivity contribution is 0.102. The van der Waals surface area contributed by atoms with E-state index in [1.807, 2.05) is 32.0 Å². The van der Waals surface area contributed by atoms with Crippen molar-refractivity contribution in [2.75, 3.05) is 16.3 Å². The summed E-state index contributed by atoms with van der Waals surface area (Å²) in [5.74, 6) is -0.270. The van der Waals surface area contributed by atoms with Gasteiger partial charge in [0.1, 0.15) is 0 Å². The van der Waals surface area contributed by atoms with Crippen molar-refractivity contribution in [3.63, 3.8) is 0 Å². The molecule has 0 spiro atoms. The zero-order chi connectivity index (χ0) is 17.2. The molecule has 0 aliphatic rings. The third-order valence-corrected chi connectivity index (χ3v) is 4.11. The van der Waals surface area contributed by atoms with Crippen molar-refractivity contribution in [3.05, 3.63) is 58.7 Å². The minimum atomic E-state index is -3.40. The number of nitrogens with one attached hydrogen (secondary N) is 2. The van der Waals surface area contributed by atoms with Gasteiger partial charge in [0.2, 0.25) is 10.0 Å². The van der Waals surface area contributed by atoms with Gasteiger partial charge in [0.15, 0.2) is 0 Å². The molecule has 0 unspecified atom stereocenters. The van der Waals surface area contributed by atoms with E-state index in [9.17, 15) is 13.2 Å². The lowest BCUT2D eigenvalue weighted by atomic mass is 10.1. The van der Waals surface area contributed by atoms with Crippen molar-refractivity contribution in [1.29, 1.82) is 0 Å². The summed E-state index contributed by atoms with van der Waals surface area (Å²) in [5, 5.41) is 2.88. The molecule has 0 atom stereocenters. The largest absolute Gasteiger partial charge is 0.322 e. The van der Waals surface area contributed by atoms with Gasteiger partial charge in [-0.3, -0.25) is 9.52 Å². The van der Waals surface area contributed by atoms with Crippen molar-refractivity contribution < 1.29 is 13.2 Å². The molecule has 23 heavy (non-hydrogen) atoms. The first-order chi connectivity index (χ1) is 10.7. The zero-order valence-electron chi connectivity index (χ0n) is 13.6. The molecule has 1 amide bonds. The number of anilines is 2. The summed E-state index contributed by atoms with van der Waals surface area (Å²) in [7, 11) is -3.40. The van der Waals surface area contributed by atoms with Crippen LogP contribution in [0.15, 0.2) is 36.4 Å². The van der Waals surface area contributed by atoms with E-state index >= 15 is 0 Å². The van der Waals surface area contributed by atoms with Crippen LogP contribution >= 0.6 is 0 Å². The zero-order valence-corrected chi connectivity index (χ0v) is 14.4. The van der Waals surface area contributed by atoms with Crippen LogP contribution in [0.3, 0.4) is 0 Å². The van der Waals surface area contributed by atoms with E-state index in [2.05, 4.69) is 10.0 Å². The van der Waals surface area contributed by atoms with Crippen LogP contribution in [0, 0.1) is 20.8 Å².